The molecule has 0 aliphatic heterocycles. The lowest BCUT2D eigenvalue weighted by atomic mass is 10.1. The Hall–Kier alpha value is -2.36. The fourth-order valence-corrected chi connectivity index (χ4v) is 1.90. The van der Waals surface area contributed by atoms with Crippen molar-refractivity contribution in [2.45, 2.75) is 19.9 Å². The fraction of sp³-hybridized carbons (Fsp3) is 0.200. The molecule has 0 unspecified atom stereocenters. The molecule has 98 valence electrons. The van der Waals surface area contributed by atoms with Crippen LogP contribution in [0.5, 0.6) is 0 Å². The number of anilines is 1. The van der Waals surface area contributed by atoms with Crippen LogP contribution in [0.25, 0.3) is 0 Å². The quantitative estimate of drug-likeness (QED) is 0.863. The summed E-state index contributed by atoms with van der Waals surface area (Å²) in [5.41, 5.74) is 3.78. The van der Waals surface area contributed by atoms with Crippen LogP contribution in [-0.4, -0.2) is 16.1 Å². The highest BCUT2D eigenvalue weighted by Gasteiger charge is 2.07. The van der Waals surface area contributed by atoms with Crippen LogP contribution in [0.1, 0.15) is 16.7 Å². The maximum atomic E-state index is 10.9. The molecule has 0 aliphatic carbocycles. The zero-order valence-corrected chi connectivity index (χ0v) is 10.8. The second kappa shape index (κ2) is 6.00. The lowest BCUT2D eigenvalue weighted by Gasteiger charge is -2.11. The highest BCUT2D eigenvalue weighted by molar-refractivity contribution is 5.73. The third-order valence-corrected chi connectivity index (χ3v) is 2.81. The monoisotopic (exact) mass is 256 g/mol. The van der Waals surface area contributed by atoms with Gasteiger partial charge in [-0.25, -0.2) is 0 Å². The van der Waals surface area contributed by atoms with Gasteiger partial charge in [-0.1, -0.05) is 23.8 Å². The molecule has 0 saturated carbocycles. The second-order valence-corrected chi connectivity index (χ2v) is 4.45. The van der Waals surface area contributed by atoms with Crippen molar-refractivity contribution in [1.82, 2.24) is 4.98 Å². The molecule has 4 heteroatoms. The Kier molecular flexibility index (Phi) is 4.13. The molecule has 19 heavy (non-hydrogen) atoms. The number of aromatic nitrogens is 1. The number of hydrogen-bond acceptors (Lipinski definition) is 3. The molecule has 0 spiro atoms. The van der Waals surface area contributed by atoms with Crippen molar-refractivity contribution in [3.63, 3.8) is 0 Å². The predicted octanol–water partition coefficient (Wildman–Crippen LogP) is 2.63. The topological polar surface area (TPSA) is 62.2 Å². The molecule has 0 saturated heterocycles. The van der Waals surface area contributed by atoms with Crippen LogP contribution in [-0.2, 0) is 17.8 Å². The molecule has 0 radical (unpaired) electrons. The molecule has 0 amide bonds. The van der Waals surface area contributed by atoms with Crippen molar-refractivity contribution in [3.8, 4) is 0 Å². The number of pyridine rings is 1. The summed E-state index contributed by atoms with van der Waals surface area (Å²) in [5.74, 6) is -0.824. The molecule has 2 N–H and O–H groups in total. The van der Waals surface area contributed by atoms with Crippen molar-refractivity contribution in [2.75, 3.05) is 5.32 Å². The average Bonchev–Trinajstić information content (AvgIpc) is 2.38. The Morgan fingerprint density at radius 3 is 2.89 bits per heavy atom. The minimum absolute atomic E-state index is 0.0249. The molecule has 1 heterocycles. The smallest absolute Gasteiger partial charge is 0.307 e. The number of nitrogens with zero attached hydrogens (tertiary/aromatic N) is 1. The van der Waals surface area contributed by atoms with Gasteiger partial charge in [0.05, 0.1) is 6.42 Å². The standard InChI is InChI=1S/C15H16N2O2/c1-11-4-5-14(13(7-11)8-15(18)19)17-10-12-3-2-6-16-9-12/h2-7,9,17H,8,10H2,1H3,(H,18,19). The highest BCUT2D eigenvalue weighted by atomic mass is 16.4. The van der Waals surface area contributed by atoms with E-state index in [1.807, 2.05) is 37.3 Å². The van der Waals surface area contributed by atoms with Crippen molar-refractivity contribution < 1.29 is 9.90 Å². The molecule has 4 nitrogen and oxygen atoms in total. The van der Waals surface area contributed by atoms with Gasteiger partial charge in [0.25, 0.3) is 0 Å². The van der Waals surface area contributed by atoms with Crippen LogP contribution in [0.3, 0.4) is 0 Å². The van der Waals surface area contributed by atoms with E-state index >= 15 is 0 Å². The lowest BCUT2D eigenvalue weighted by molar-refractivity contribution is -0.136. The lowest BCUT2D eigenvalue weighted by Crippen LogP contribution is -2.07. The number of nitrogens with one attached hydrogen (secondary N) is 1. The molecule has 2 aromatic rings. The summed E-state index contributed by atoms with van der Waals surface area (Å²) in [5, 5.41) is 12.2. The van der Waals surface area contributed by atoms with Crippen LogP contribution < -0.4 is 5.32 Å². The number of carboxylic acid groups (broad SMARTS) is 1. The zero-order chi connectivity index (χ0) is 13.7. The van der Waals surface area contributed by atoms with E-state index in [9.17, 15) is 4.79 Å². The normalized spacial score (nSPS) is 10.2. The number of aliphatic carboxylic acids is 1. The first-order valence-corrected chi connectivity index (χ1v) is 6.09. The van der Waals surface area contributed by atoms with E-state index < -0.39 is 5.97 Å². The van der Waals surface area contributed by atoms with Gasteiger partial charge in [-0.3, -0.25) is 9.78 Å². The highest BCUT2D eigenvalue weighted by Crippen LogP contribution is 2.19. The molecule has 1 aromatic carbocycles. The van der Waals surface area contributed by atoms with E-state index in [-0.39, 0.29) is 6.42 Å². The van der Waals surface area contributed by atoms with E-state index in [1.165, 1.54) is 0 Å². The Morgan fingerprint density at radius 2 is 2.21 bits per heavy atom. The summed E-state index contributed by atoms with van der Waals surface area (Å²) in [6.45, 7) is 2.58. The fourth-order valence-electron chi connectivity index (χ4n) is 1.90. The van der Waals surface area contributed by atoms with E-state index in [0.29, 0.717) is 6.54 Å². The van der Waals surface area contributed by atoms with Crippen LogP contribution in [0.2, 0.25) is 0 Å². The van der Waals surface area contributed by atoms with E-state index in [4.69, 9.17) is 5.11 Å². The van der Waals surface area contributed by atoms with Crippen LogP contribution in [0.15, 0.2) is 42.7 Å². The van der Waals surface area contributed by atoms with Crippen LogP contribution in [0, 0.1) is 6.92 Å². The first-order valence-electron chi connectivity index (χ1n) is 6.09. The Bertz CT molecular complexity index is 568. The van der Waals surface area contributed by atoms with E-state index in [1.54, 1.807) is 12.4 Å². The summed E-state index contributed by atoms with van der Waals surface area (Å²) in [7, 11) is 0. The van der Waals surface area contributed by atoms with Crippen molar-refractivity contribution >= 4 is 11.7 Å². The number of rotatable bonds is 5. The predicted molar refractivity (Wildman–Crippen MR) is 74.1 cm³/mol. The van der Waals surface area contributed by atoms with Gasteiger partial charge in [0, 0.05) is 24.6 Å². The first-order chi connectivity index (χ1) is 9.15. The largest absolute Gasteiger partial charge is 0.481 e. The minimum atomic E-state index is -0.824. The SMILES string of the molecule is Cc1ccc(NCc2cccnc2)c(CC(=O)O)c1. The number of carboxylic acids is 1. The average molecular weight is 256 g/mol. The molecule has 2 rings (SSSR count). The van der Waals surface area contributed by atoms with Crippen molar-refractivity contribution in [3.05, 3.63) is 59.4 Å². The first kappa shape index (κ1) is 13.1. The summed E-state index contributed by atoms with van der Waals surface area (Å²) in [6, 6.07) is 9.65. The molecule has 1 aromatic heterocycles. The van der Waals surface area contributed by atoms with Gasteiger partial charge in [-0.2, -0.15) is 0 Å². The minimum Gasteiger partial charge on any atom is -0.481 e. The van der Waals surface area contributed by atoms with Gasteiger partial charge >= 0.3 is 5.97 Å². The van der Waals surface area contributed by atoms with Gasteiger partial charge in [0.1, 0.15) is 0 Å². The number of hydrogen-bond donors (Lipinski definition) is 2. The molecular weight excluding hydrogens is 240 g/mol. The number of carbonyl (C=O) groups is 1. The summed E-state index contributed by atoms with van der Waals surface area (Å²) in [4.78, 5) is 14.9. The number of benzene rings is 1. The Labute approximate surface area is 112 Å². The summed E-state index contributed by atoms with van der Waals surface area (Å²) in [6.07, 6.45) is 3.54. The van der Waals surface area contributed by atoms with Gasteiger partial charge in [-0.05, 0) is 30.2 Å². The third-order valence-electron chi connectivity index (χ3n) is 2.81. The summed E-state index contributed by atoms with van der Waals surface area (Å²) < 4.78 is 0. The number of aryl methyl sites for hydroxylation is 1. The Balaban J connectivity index is 2.13. The zero-order valence-electron chi connectivity index (χ0n) is 10.8. The molecule has 0 fully saturated rings. The van der Waals surface area contributed by atoms with Gasteiger partial charge in [0.2, 0.25) is 0 Å². The molecular formula is C15H16N2O2. The van der Waals surface area contributed by atoms with Crippen molar-refractivity contribution in [1.29, 1.82) is 0 Å². The van der Waals surface area contributed by atoms with Crippen molar-refractivity contribution in [2.24, 2.45) is 0 Å². The maximum Gasteiger partial charge on any atom is 0.307 e. The maximum absolute atomic E-state index is 10.9. The summed E-state index contributed by atoms with van der Waals surface area (Å²) >= 11 is 0. The second-order valence-electron chi connectivity index (χ2n) is 4.45. The van der Waals surface area contributed by atoms with Crippen LogP contribution in [0.4, 0.5) is 5.69 Å². The molecule has 0 atom stereocenters. The third kappa shape index (κ3) is 3.81. The van der Waals surface area contributed by atoms with Gasteiger partial charge in [-0.15, -0.1) is 0 Å². The van der Waals surface area contributed by atoms with E-state index in [0.717, 1.165) is 22.4 Å². The van der Waals surface area contributed by atoms with Gasteiger partial charge < -0.3 is 10.4 Å². The Morgan fingerprint density at radius 1 is 1.37 bits per heavy atom. The van der Waals surface area contributed by atoms with Crippen LogP contribution >= 0.6 is 0 Å². The molecule has 0 aliphatic rings. The van der Waals surface area contributed by atoms with Gasteiger partial charge in [0.15, 0.2) is 0 Å². The van der Waals surface area contributed by atoms with E-state index in [2.05, 4.69) is 10.3 Å². The molecule has 0 bridgehead atoms.